The molecule has 7 nitrogen and oxygen atoms in total. The zero-order valence-electron chi connectivity index (χ0n) is 18.1. The third-order valence-electron chi connectivity index (χ3n) is 5.47. The number of carbonyl (C=O) groups is 1. The summed E-state index contributed by atoms with van der Waals surface area (Å²) >= 11 is 0. The van der Waals surface area contributed by atoms with E-state index in [0.717, 1.165) is 63.2 Å². The van der Waals surface area contributed by atoms with Gasteiger partial charge in [0.15, 0.2) is 5.96 Å². The van der Waals surface area contributed by atoms with E-state index in [1.165, 1.54) is 19.5 Å². The fourth-order valence-electron chi connectivity index (χ4n) is 4.29. The molecule has 164 valence electrons. The van der Waals surface area contributed by atoms with E-state index in [9.17, 15) is 4.79 Å². The highest BCUT2D eigenvalue weighted by Gasteiger charge is 2.24. The molecular formula is C20H40IN5O2. The second kappa shape index (κ2) is 13.5. The smallest absolute Gasteiger partial charge is 0.409 e. The second-order valence-electron chi connectivity index (χ2n) is 8.16. The molecule has 2 saturated heterocycles. The molecule has 8 heteroatoms. The Morgan fingerprint density at radius 2 is 1.82 bits per heavy atom. The monoisotopic (exact) mass is 509 g/mol. The number of piperidine rings is 2. The Kier molecular flexibility index (Phi) is 12.1. The molecule has 0 aromatic heterocycles. The molecule has 2 fully saturated rings. The first-order valence-corrected chi connectivity index (χ1v) is 10.6. The topological polar surface area (TPSA) is 69.2 Å². The Morgan fingerprint density at radius 1 is 1.18 bits per heavy atom. The summed E-state index contributed by atoms with van der Waals surface area (Å²) < 4.78 is 5.07. The van der Waals surface area contributed by atoms with Gasteiger partial charge in [-0.15, -0.1) is 24.0 Å². The van der Waals surface area contributed by atoms with Crippen LogP contribution in [0.4, 0.5) is 4.79 Å². The van der Waals surface area contributed by atoms with E-state index in [4.69, 9.17) is 4.74 Å². The largest absolute Gasteiger partial charge is 0.450 e. The normalized spacial score (nSPS) is 24.4. The summed E-state index contributed by atoms with van der Waals surface area (Å²) in [4.78, 5) is 20.5. The average molecular weight is 509 g/mol. The molecule has 2 aliphatic heterocycles. The third-order valence-corrected chi connectivity index (χ3v) is 5.47. The highest BCUT2D eigenvalue weighted by molar-refractivity contribution is 14.0. The number of carbonyl (C=O) groups excluding carboxylic acids is 1. The zero-order chi connectivity index (χ0) is 19.6. The van der Waals surface area contributed by atoms with Crippen molar-refractivity contribution in [1.82, 2.24) is 20.4 Å². The van der Waals surface area contributed by atoms with Crippen molar-refractivity contribution >= 4 is 36.0 Å². The van der Waals surface area contributed by atoms with Gasteiger partial charge >= 0.3 is 6.09 Å². The molecule has 2 N–H and O–H groups in total. The predicted octanol–water partition coefficient (Wildman–Crippen LogP) is 2.76. The van der Waals surface area contributed by atoms with Crippen molar-refractivity contribution in [3.05, 3.63) is 0 Å². The van der Waals surface area contributed by atoms with E-state index in [0.29, 0.717) is 12.6 Å². The number of hydrogen-bond donors (Lipinski definition) is 2. The zero-order valence-corrected chi connectivity index (χ0v) is 20.4. The average Bonchev–Trinajstić information content (AvgIpc) is 2.64. The van der Waals surface area contributed by atoms with Gasteiger partial charge in [-0.1, -0.05) is 13.8 Å². The minimum Gasteiger partial charge on any atom is -0.450 e. The lowest BCUT2D eigenvalue weighted by Gasteiger charge is -2.35. The van der Waals surface area contributed by atoms with Crippen LogP contribution in [0.2, 0.25) is 0 Å². The van der Waals surface area contributed by atoms with Crippen LogP contribution in [-0.4, -0.2) is 80.8 Å². The Balaban J connectivity index is 0.00000392. The lowest BCUT2D eigenvalue weighted by molar-refractivity contribution is 0.0963. The summed E-state index contributed by atoms with van der Waals surface area (Å²) in [6.45, 7) is 13.0. The van der Waals surface area contributed by atoms with Crippen molar-refractivity contribution in [2.45, 2.75) is 52.5 Å². The van der Waals surface area contributed by atoms with Gasteiger partial charge < -0.3 is 25.2 Å². The Bertz CT molecular complexity index is 473. The molecule has 28 heavy (non-hydrogen) atoms. The van der Waals surface area contributed by atoms with Crippen LogP contribution in [-0.2, 0) is 4.74 Å². The van der Waals surface area contributed by atoms with Crippen molar-refractivity contribution < 1.29 is 9.53 Å². The molecule has 0 aromatic carbocycles. The van der Waals surface area contributed by atoms with Gasteiger partial charge in [0.1, 0.15) is 0 Å². The van der Waals surface area contributed by atoms with E-state index >= 15 is 0 Å². The van der Waals surface area contributed by atoms with Crippen LogP contribution >= 0.6 is 24.0 Å². The molecule has 0 saturated carbocycles. The molecule has 2 rings (SSSR count). The Morgan fingerprint density at radius 3 is 2.39 bits per heavy atom. The number of ether oxygens (including phenoxy) is 1. The molecule has 2 aliphatic rings. The quantitative estimate of drug-likeness (QED) is 0.250. The van der Waals surface area contributed by atoms with Crippen LogP contribution in [0.1, 0.15) is 46.5 Å². The fraction of sp³-hybridized carbons (Fsp3) is 0.900. The van der Waals surface area contributed by atoms with Gasteiger partial charge in [-0.3, -0.25) is 4.99 Å². The van der Waals surface area contributed by atoms with Gasteiger partial charge in [0.05, 0.1) is 6.61 Å². The van der Waals surface area contributed by atoms with Gasteiger partial charge in [-0.25, -0.2) is 4.79 Å². The van der Waals surface area contributed by atoms with Crippen LogP contribution in [0.15, 0.2) is 4.99 Å². The van der Waals surface area contributed by atoms with Gasteiger partial charge in [0.25, 0.3) is 0 Å². The van der Waals surface area contributed by atoms with Gasteiger partial charge in [0, 0.05) is 45.8 Å². The third kappa shape index (κ3) is 8.71. The summed E-state index contributed by atoms with van der Waals surface area (Å²) in [6, 6.07) is 0.352. The van der Waals surface area contributed by atoms with E-state index < -0.39 is 0 Å². The number of amides is 1. The maximum Gasteiger partial charge on any atom is 0.409 e. The van der Waals surface area contributed by atoms with Gasteiger partial charge in [-0.2, -0.15) is 0 Å². The molecule has 1 amide bonds. The SMILES string of the molecule is CCOC(=O)N1CCC(NC(=NC)NCCCN2CC(C)CC(C)C2)CC1.I. The van der Waals surface area contributed by atoms with Crippen molar-refractivity contribution in [2.75, 3.05) is 52.9 Å². The minimum atomic E-state index is -0.195. The Labute approximate surface area is 188 Å². The van der Waals surface area contributed by atoms with Gasteiger partial charge in [0.2, 0.25) is 0 Å². The van der Waals surface area contributed by atoms with E-state index in [1.807, 2.05) is 14.0 Å². The number of nitrogens with zero attached hydrogens (tertiary/aromatic N) is 3. The summed E-state index contributed by atoms with van der Waals surface area (Å²) in [5.41, 5.74) is 0. The van der Waals surface area contributed by atoms with E-state index in [2.05, 4.69) is 34.4 Å². The van der Waals surface area contributed by atoms with Crippen molar-refractivity contribution in [3.63, 3.8) is 0 Å². The van der Waals surface area contributed by atoms with Crippen LogP contribution < -0.4 is 10.6 Å². The van der Waals surface area contributed by atoms with Gasteiger partial charge in [-0.05, 0) is 51.0 Å². The summed E-state index contributed by atoms with van der Waals surface area (Å²) in [7, 11) is 1.82. The number of rotatable bonds is 6. The molecule has 0 spiro atoms. The highest BCUT2D eigenvalue weighted by atomic mass is 127. The maximum absolute atomic E-state index is 11.8. The first-order chi connectivity index (χ1) is 13.0. The van der Waals surface area contributed by atoms with Crippen molar-refractivity contribution in [1.29, 1.82) is 0 Å². The fourth-order valence-corrected chi connectivity index (χ4v) is 4.29. The highest BCUT2D eigenvalue weighted by Crippen LogP contribution is 2.20. The first kappa shape index (κ1) is 25.3. The van der Waals surface area contributed by atoms with Crippen LogP contribution in [0, 0.1) is 11.8 Å². The number of likely N-dealkylation sites (tertiary alicyclic amines) is 2. The molecule has 0 radical (unpaired) electrons. The number of halogens is 1. The predicted molar refractivity (Wildman–Crippen MR) is 126 cm³/mol. The van der Waals surface area contributed by atoms with E-state index in [1.54, 1.807) is 4.90 Å². The lowest BCUT2D eigenvalue weighted by atomic mass is 9.92. The lowest BCUT2D eigenvalue weighted by Crippen LogP contribution is -2.50. The Hall–Kier alpha value is -0.770. The standard InChI is InChI=1S/C20H39N5O2.HI/c1-5-27-20(26)25-11-7-18(8-12-25)23-19(21-4)22-9-6-10-24-14-16(2)13-17(3)15-24;/h16-18H,5-15H2,1-4H3,(H2,21,22,23);1H. The molecule has 0 aromatic rings. The van der Waals surface area contributed by atoms with Crippen molar-refractivity contribution in [3.8, 4) is 0 Å². The number of nitrogens with one attached hydrogen (secondary N) is 2. The van der Waals surface area contributed by atoms with Crippen LogP contribution in [0.3, 0.4) is 0 Å². The molecule has 0 aliphatic carbocycles. The summed E-state index contributed by atoms with van der Waals surface area (Å²) in [5.74, 6) is 2.50. The van der Waals surface area contributed by atoms with E-state index in [-0.39, 0.29) is 30.1 Å². The van der Waals surface area contributed by atoms with Crippen molar-refractivity contribution in [2.24, 2.45) is 16.8 Å². The molecule has 2 heterocycles. The number of aliphatic imine (C=N–C) groups is 1. The summed E-state index contributed by atoms with van der Waals surface area (Å²) in [5, 5.41) is 6.94. The molecule has 2 unspecified atom stereocenters. The van der Waals surface area contributed by atoms with Crippen LogP contribution in [0.25, 0.3) is 0 Å². The maximum atomic E-state index is 11.8. The molecule has 2 atom stereocenters. The first-order valence-electron chi connectivity index (χ1n) is 10.6. The number of guanidine groups is 1. The second-order valence-corrected chi connectivity index (χ2v) is 8.16. The molecule has 0 bridgehead atoms. The minimum absolute atomic E-state index is 0. The summed E-state index contributed by atoms with van der Waals surface area (Å²) in [6.07, 6.45) is 4.13. The van der Waals surface area contributed by atoms with Crippen LogP contribution in [0.5, 0.6) is 0 Å². The molecular weight excluding hydrogens is 469 g/mol. The number of hydrogen-bond acceptors (Lipinski definition) is 4.